The number of carbonyl (C=O) groups is 2. The Hall–Kier alpha value is -2.28. The lowest BCUT2D eigenvalue weighted by Gasteiger charge is -2.11. The molecule has 0 bridgehead atoms. The number of rotatable bonds is 5. The van der Waals surface area contributed by atoms with Gasteiger partial charge in [0.25, 0.3) is 0 Å². The first-order valence-electron chi connectivity index (χ1n) is 4.82. The minimum absolute atomic E-state index is 0.00631. The van der Waals surface area contributed by atoms with Crippen LogP contribution in [0.25, 0.3) is 0 Å². The minimum Gasteiger partial charge on any atom is -0.496 e. The fourth-order valence-corrected chi connectivity index (χ4v) is 1.36. The standard InChI is InChI=1S/C11H12O7/c1-16-8-4-7(11(15)18-5-12)9(17-2)3-6(8)10(13)14/h3-4,12H,5H2,1-2H3,(H,13,14). The predicted molar refractivity (Wildman–Crippen MR) is 59.0 cm³/mol. The monoisotopic (exact) mass is 256 g/mol. The Balaban J connectivity index is 3.34. The average molecular weight is 256 g/mol. The molecule has 0 spiro atoms. The maximum Gasteiger partial charge on any atom is 0.344 e. The first-order valence-corrected chi connectivity index (χ1v) is 4.82. The van der Waals surface area contributed by atoms with Gasteiger partial charge >= 0.3 is 11.9 Å². The third-order valence-electron chi connectivity index (χ3n) is 2.17. The summed E-state index contributed by atoms with van der Waals surface area (Å²) in [6.45, 7) is -0.787. The number of carboxylic acids is 1. The van der Waals surface area contributed by atoms with Crippen LogP contribution in [0, 0.1) is 0 Å². The van der Waals surface area contributed by atoms with Crippen LogP contribution in [-0.4, -0.2) is 43.2 Å². The fourth-order valence-electron chi connectivity index (χ4n) is 1.36. The van der Waals surface area contributed by atoms with E-state index in [-0.39, 0.29) is 22.6 Å². The van der Waals surface area contributed by atoms with Crippen molar-refractivity contribution >= 4 is 11.9 Å². The van der Waals surface area contributed by atoms with Gasteiger partial charge in [-0.15, -0.1) is 0 Å². The molecule has 0 amide bonds. The highest BCUT2D eigenvalue weighted by Gasteiger charge is 2.21. The van der Waals surface area contributed by atoms with Crippen molar-refractivity contribution in [3.63, 3.8) is 0 Å². The number of benzene rings is 1. The molecule has 2 N–H and O–H groups in total. The van der Waals surface area contributed by atoms with Gasteiger partial charge in [-0.3, -0.25) is 0 Å². The Kier molecular flexibility index (Phi) is 4.50. The van der Waals surface area contributed by atoms with E-state index in [1.165, 1.54) is 20.3 Å². The predicted octanol–water partition coefficient (Wildman–Crippen LogP) is 0.509. The SMILES string of the molecule is COc1cc(C(=O)OCO)c(OC)cc1C(=O)O. The second-order valence-corrected chi connectivity index (χ2v) is 3.12. The van der Waals surface area contributed by atoms with Crippen LogP contribution < -0.4 is 9.47 Å². The lowest BCUT2D eigenvalue weighted by molar-refractivity contribution is 0.00649. The van der Waals surface area contributed by atoms with E-state index in [0.717, 1.165) is 6.07 Å². The Morgan fingerprint density at radius 2 is 1.61 bits per heavy atom. The minimum atomic E-state index is -1.22. The Labute approximate surface area is 103 Å². The molecule has 0 fully saturated rings. The maximum absolute atomic E-state index is 11.5. The number of hydrogen-bond donors (Lipinski definition) is 2. The number of carbonyl (C=O) groups excluding carboxylic acids is 1. The van der Waals surface area contributed by atoms with E-state index in [2.05, 4.69) is 4.74 Å². The lowest BCUT2D eigenvalue weighted by atomic mass is 10.1. The van der Waals surface area contributed by atoms with Crippen LogP contribution in [0.1, 0.15) is 20.7 Å². The first kappa shape index (κ1) is 13.8. The molecule has 0 saturated carbocycles. The molecule has 1 aromatic rings. The summed E-state index contributed by atoms with van der Waals surface area (Å²) in [4.78, 5) is 22.5. The molecule has 7 heteroatoms. The van der Waals surface area contributed by atoms with Crippen molar-refractivity contribution in [3.8, 4) is 11.5 Å². The highest BCUT2D eigenvalue weighted by Crippen LogP contribution is 2.29. The van der Waals surface area contributed by atoms with E-state index in [0.29, 0.717) is 0 Å². The van der Waals surface area contributed by atoms with Crippen LogP contribution in [0.4, 0.5) is 0 Å². The van der Waals surface area contributed by atoms with Gasteiger partial charge in [0.05, 0.1) is 14.2 Å². The number of carboxylic acid groups (broad SMARTS) is 1. The first-order chi connectivity index (χ1) is 8.54. The topological polar surface area (TPSA) is 102 Å². The average Bonchev–Trinajstić information content (AvgIpc) is 2.37. The zero-order valence-corrected chi connectivity index (χ0v) is 9.80. The smallest absolute Gasteiger partial charge is 0.344 e. The molecular weight excluding hydrogens is 244 g/mol. The van der Waals surface area contributed by atoms with Crippen molar-refractivity contribution in [1.29, 1.82) is 0 Å². The summed E-state index contributed by atoms with van der Waals surface area (Å²) in [6.07, 6.45) is 0. The van der Waals surface area contributed by atoms with Crippen LogP contribution in [-0.2, 0) is 4.74 Å². The van der Waals surface area contributed by atoms with Crippen molar-refractivity contribution in [1.82, 2.24) is 0 Å². The zero-order valence-electron chi connectivity index (χ0n) is 9.80. The number of esters is 1. The van der Waals surface area contributed by atoms with E-state index < -0.39 is 18.7 Å². The molecule has 0 unspecified atom stereocenters. The number of aliphatic hydroxyl groups excluding tert-OH is 1. The second kappa shape index (κ2) is 5.87. The fraction of sp³-hybridized carbons (Fsp3) is 0.273. The summed E-state index contributed by atoms with van der Waals surface area (Å²) in [6, 6.07) is 2.33. The van der Waals surface area contributed by atoms with E-state index in [4.69, 9.17) is 19.7 Å². The number of aliphatic hydroxyl groups is 1. The van der Waals surface area contributed by atoms with E-state index in [1.807, 2.05) is 0 Å². The van der Waals surface area contributed by atoms with E-state index >= 15 is 0 Å². The highest BCUT2D eigenvalue weighted by molar-refractivity contribution is 5.97. The Morgan fingerprint density at radius 3 is 2.06 bits per heavy atom. The largest absolute Gasteiger partial charge is 0.496 e. The molecule has 98 valence electrons. The van der Waals surface area contributed by atoms with Crippen LogP contribution in [0.15, 0.2) is 12.1 Å². The molecule has 18 heavy (non-hydrogen) atoms. The van der Waals surface area contributed by atoms with Gasteiger partial charge in [0.1, 0.15) is 22.6 Å². The summed E-state index contributed by atoms with van der Waals surface area (Å²) in [5, 5.41) is 17.5. The third-order valence-corrected chi connectivity index (χ3v) is 2.17. The van der Waals surface area contributed by atoms with Crippen LogP contribution in [0.2, 0.25) is 0 Å². The number of ether oxygens (including phenoxy) is 3. The van der Waals surface area contributed by atoms with Gasteiger partial charge in [-0.25, -0.2) is 9.59 Å². The summed E-state index contributed by atoms with van der Waals surface area (Å²) >= 11 is 0. The Bertz CT molecular complexity index is 467. The van der Waals surface area contributed by atoms with E-state index in [1.54, 1.807) is 0 Å². The van der Waals surface area contributed by atoms with Crippen molar-refractivity contribution in [2.75, 3.05) is 21.0 Å². The van der Waals surface area contributed by atoms with Crippen LogP contribution in [0.3, 0.4) is 0 Å². The van der Waals surface area contributed by atoms with Gasteiger partial charge < -0.3 is 24.4 Å². The van der Waals surface area contributed by atoms with Crippen molar-refractivity contribution < 1.29 is 34.0 Å². The third kappa shape index (κ3) is 2.69. The van der Waals surface area contributed by atoms with Crippen molar-refractivity contribution in [2.45, 2.75) is 0 Å². The quantitative estimate of drug-likeness (QED) is 0.584. The summed E-state index contributed by atoms with van der Waals surface area (Å²) in [7, 11) is 2.55. The lowest BCUT2D eigenvalue weighted by Crippen LogP contribution is -2.10. The molecule has 0 atom stereocenters. The highest BCUT2D eigenvalue weighted by atomic mass is 16.6. The molecule has 0 heterocycles. The van der Waals surface area contributed by atoms with Crippen LogP contribution in [0.5, 0.6) is 11.5 Å². The molecule has 0 aliphatic heterocycles. The number of aromatic carboxylic acids is 1. The zero-order chi connectivity index (χ0) is 13.7. The summed E-state index contributed by atoms with van der Waals surface area (Å²) < 4.78 is 14.2. The molecule has 0 aliphatic rings. The molecule has 0 radical (unpaired) electrons. The van der Waals surface area contributed by atoms with Gasteiger partial charge in [0.2, 0.25) is 0 Å². The normalized spacial score (nSPS) is 9.72. The van der Waals surface area contributed by atoms with Crippen molar-refractivity contribution in [2.24, 2.45) is 0 Å². The van der Waals surface area contributed by atoms with Gasteiger partial charge in [-0.2, -0.15) is 0 Å². The maximum atomic E-state index is 11.5. The molecule has 0 aliphatic carbocycles. The van der Waals surface area contributed by atoms with Crippen molar-refractivity contribution in [3.05, 3.63) is 23.3 Å². The summed E-state index contributed by atoms with van der Waals surface area (Å²) in [5.41, 5.74) is -0.178. The molecule has 0 saturated heterocycles. The number of hydrogen-bond acceptors (Lipinski definition) is 6. The van der Waals surface area contributed by atoms with Gasteiger partial charge in [-0.05, 0) is 12.1 Å². The molecule has 7 nitrogen and oxygen atoms in total. The van der Waals surface area contributed by atoms with Crippen LogP contribution >= 0.6 is 0 Å². The molecule has 1 aromatic carbocycles. The van der Waals surface area contributed by atoms with Gasteiger partial charge in [0, 0.05) is 0 Å². The van der Waals surface area contributed by atoms with Gasteiger partial charge in [0.15, 0.2) is 6.79 Å². The Morgan fingerprint density at radius 1 is 1.11 bits per heavy atom. The number of methoxy groups -OCH3 is 2. The van der Waals surface area contributed by atoms with Gasteiger partial charge in [-0.1, -0.05) is 0 Å². The van der Waals surface area contributed by atoms with E-state index in [9.17, 15) is 9.59 Å². The molecule has 1 rings (SSSR count). The molecular formula is C11H12O7. The summed E-state index contributed by atoms with van der Waals surface area (Å²) in [5.74, 6) is -2.04. The molecule has 0 aromatic heterocycles. The second-order valence-electron chi connectivity index (χ2n) is 3.12.